The maximum Gasteiger partial charge on any atom is 0.256 e. The average Bonchev–Trinajstić information content (AvgIpc) is 2.47. The van der Waals surface area contributed by atoms with Gasteiger partial charge in [-0.25, -0.2) is 4.98 Å². The molecule has 0 spiro atoms. The highest BCUT2D eigenvalue weighted by atomic mass is 16.2. The van der Waals surface area contributed by atoms with Crippen molar-refractivity contribution in [3.8, 4) is 0 Å². The van der Waals surface area contributed by atoms with Crippen molar-refractivity contribution >= 4 is 23.1 Å². The summed E-state index contributed by atoms with van der Waals surface area (Å²) in [5, 5.41) is 5.54. The zero-order valence-corrected chi connectivity index (χ0v) is 8.64. The maximum atomic E-state index is 11.8. The van der Waals surface area contributed by atoms with Crippen LogP contribution in [0.25, 0.3) is 0 Å². The van der Waals surface area contributed by atoms with Crippen molar-refractivity contribution in [3.63, 3.8) is 0 Å². The van der Waals surface area contributed by atoms with Gasteiger partial charge in [-0.2, -0.15) is 10.1 Å². The summed E-state index contributed by atoms with van der Waals surface area (Å²) in [4.78, 5) is 15.7. The van der Waals surface area contributed by atoms with E-state index < -0.39 is 0 Å². The molecule has 2 N–H and O–H groups in total. The molecule has 0 fully saturated rings. The second kappa shape index (κ2) is 3.34. The first kappa shape index (κ1) is 9.64. The molecule has 0 radical (unpaired) electrons. The van der Waals surface area contributed by atoms with Gasteiger partial charge in [0, 0.05) is 5.71 Å². The fourth-order valence-corrected chi connectivity index (χ4v) is 1.36. The zero-order valence-electron chi connectivity index (χ0n) is 8.64. The van der Waals surface area contributed by atoms with Crippen LogP contribution in [0.5, 0.6) is 0 Å². The summed E-state index contributed by atoms with van der Waals surface area (Å²) in [6.07, 6.45) is 1.54. The molecule has 1 aliphatic heterocycles. The monoisotopic (exact) mass is 204 g/mol. The topological polar surface area (TPSA) is 71.6 Å². The number of carbonyl (C=O) groups excluding carboxylic acids is 1. The Morgan fingerprint density at radius 2 is 2.20 bits per heavy atom. The number of hydrogen-bond donors (Lipinski definition) is 1. The van der Waals surface area contributed by atoms with Crippen molar-refractivity contribution in [2.75, 3.05) is 10.7 Å². The minimum absolute atomic E-state index is 0.0286. The Morgan fingerprint density at radius 3 is 2.67 bits per heavy atom. The fourth-order valence-electron chi connectivity index (χ4n) is 1.36. The summed E-state index contributed by atoms with van der Waals surface area (Å²) in [5.41, 5.74) is 6.93. The lowest BCUT2D eigenvalue weighted by Crippen LogP contribution is -2.25. The zero-order chi connectivity index (χ0) is 11.0. The first-order valence-corrected chi connectivity index (χ1v) is 4.70. The van der Waals surface area contributed by atoms with Gasteiger partial charge in [0.25, 0.3) is 5.91 Å². The molecule has 2 heterocycles. The average molecular weight is 204 g/mol. The molecule has 1 unspecified atom stereocenters. The van der Waals surface area contributed by atoms with Crippen LogP contribution in [0.15, 0.2) is 23.4 Å². The van der Waals surface area contributed by atoms with Gasteiger partial charge in [-0.1, -0.05) is 0 Å². The lowest BCUT2D eigenvalue weighted by atomic mass is 10.1. The number of nitrogens with two attached hydrogens (primary N) is 1. The number of rotatable bonds is 1. The van der Waals surface area contributed by atoms with E-state index in [1.165, 1.54) is 5.01 Å². The molecule has 78 valence electrons. The molecule has 0 bridgehead atoms. The number of nitrogens with zero attached hydrogens (tertiary/aromatic N) is 3. The molecule has 2 rings (SSSR count). The van der Waals surface area contributed by atoms with Gasteiger partial charge in [-0.3, -0.25) is 4.79 Å². The quantitative estimate of drug-likeness (QED) is 0.742. The predicted octanol–water partition coefficient (Wildman–Crippen LogP) is 1.02. The highest BCUT2D eigenvalue weighted by molar-refractivity contribution is 6.14. The second-order valence-electron chi connectivity index (χ2n) is 3.55. The highest BCUT2D eigenvalue weighted by Crippen LogP contribution is 2.22. The predicted molar refractivity (Wildman–Crippen MR) is 58.4 cm³/mol. The van der Waals surface area contributed by atoms with E-state index in [-0.39, 0.29) is 11.8 Å². The molecule has 5 nitrogen and oxygen atoms in total. The smallest absolute Gasteiger partial charge is 0.256 e. The Bertz CT molecular complexity index is 424. The molecule has 0 aromatic carbocycles. The normalized spacial score (nSPS) is 20.7. The highest BCUT2D eigenvalue weighted by Gasteiger charge is 2.30. The largest absolute Gasteiger partial charge is 0.384 e. The first-order chi connectivity index (χ1) is 7.09. The molecule has 0 saturated heterocycles. The van der Waals surface area contributed by atoms with E-state index >= 15 is 0 Å². The maximum absolute atomic E-state index is 11.8. The van der Waals surface area contributed by atoms with Crippen molar-refractivity contribution < 1.29 is 4.79 Å². The number of anilines is 2. The number of amides is 1. The van der Waals surface area contributed by atoms with Gasteiger partial charge in [0.1, 0.15) is 5.82 Å². The Kier molecular flexibility index (Phi) is 2.15. The SMILES string of the molecule is CC1=NN(c2ccc(N)nc2)C(=O)C1C. The number of hydrazone groups is 1. The number of pyridine rings is 1. The van der Waals surface area contributed by atoms with E-state index in [1.807, 2.05) is 13.8 Å². The van der Waals surface area contributed by atoms with Crippen molar-refractivity contribution in [2.45, 2.75) is 13.8 Å². The van der Waals surface area contributed by atoms with E-state index in [2.05, 4.69) is 10.1 Å². The third kappa shape index (κ3) is 1.56. The number of aromatic nitrogens is 1. The van der Waals surface area contributed by atoms with Gasteiger partial charge in [-0.05, 0) is 26.0 Å². The third-order valence-corrected chi connectivity index (χ3v) is 2.48. The van der Waals surface area contributed by atoms with Crippen molar-refractivity contribution in [2.24, 2.45) is 11.0 Å². The molecular formula is C10H12N4O. The van der Waals surface area contributed by atoms with Crippen LogP contribution < -0.4 is 10.7 Å². The Balaban J connectivity index is 2.33. The molecular weight excluding hydrogens is 192 g/mol. The standard InChI is InChI=1S/C10H12N4O/c1-6-7(2)13-14(10(6)15)8-3-4-9(11)12-5-8/h3-6H,1-2H3,(H2,11,12). The van der Waals surface area contributed by atoms with E-state index in [4.69, 9.17) is 5.73 Å². The van der Waals surface area contributed by atoms with Gasteiger partial charge in [0.15, 0.2) is 0 Å². The lowest BCUT2D eigenvalue weighted by Gasteiger charge is -2.11. The molecule has 1 amide bonds. The molecule has 1 aromatic heterocycles. The Labute approximate surface area is 87.6 Å². The molecule has 0 saturated carbocycles. The van der Waals surface area contributed by atoms with Crippen molar-refractivity contribution in [1.29, 1.82) is 0 Å². The van der Waals surface area contributed by atoms with Crippen molar-refractivity contribution in [3.05, 3.63) is 18.3 Å². The lowest BCUT2D eigenvalue weighted by molar-refractivity contribution is -0.119. The van der Waals surface area contributed by atoms with E-state index in [0.717, 1.165) is 5.71 Å². The summed E-state index contributed by atoms with van der Waals surface area (Å²) >= 11 is 0. The van der Waals surface area contributed by atoms with Gasteiger partial charge in [0.05, 0.1) is 17.8 Å². The van der Waals surface area contributed by atoms with Gasteiger partial charge in [-0.15, -0.1) is 0 Å². The summed E-state index contributed by atoms with van der Waals surface area (Å²) < 4.78 is 0. The summed E-state index contributed by atoms with van der Waals surface area (Å²) in [6, 6.07) is 3.38. The fraction of sp³-hybridized carbons (Fsp3) is 0.300. The van der Waals surface area contributed by atoms with E-state index in [0.29, 0.717) is 11.5 Å². The van der Waals surface area contributed by atoms with Crippen LogP contribution in [-0.4, -0.2) is 16.6 Å². The van der Waals surface area contributed by atoms with Gasteiger partial charge < -0.3 is 5.73 Å². The number of carbonyl (C=O) groups is 1. The Morgan fingerprint density at radius 1 is 1.47 bits per heavy atom. The summed E-state index contributed by atoms with van der Waals surface area (Å²) in [6.45, 7) is 3.68. The molecule has 1 aliphatic rings. The third-order valence-electron chi connectivity index (χ3n) is 2.48. The van der Waals surface area contributed by atoms with Crippen LogP contribution in [0.4, 0.5) is 11.5 Å². The van der Waals surface area contributed by atoms with Crippen LogP contribution in [0.3, 0.4) is 0 Å². The first-order valence-electron chi connectivity index (χ1n) is 4.70. The number of nitrogen functional groups attached to an aromatic ring is 1. The van der Waals surface area contributed by atoms with Crippen molar-refractivity contribution in [1.82, 2.24) is 4.98 Å². The minimum atomic E-state index is -0.150. The van der Waals surface area contributed by atoms with Gasteiger partial charge in [0.2, 0.25) is 0 Å². The molecule has 15 heavy (non-hydrogen) atoms. The van der Waals surface area contributed by atoms with E-state index in [9.17, 15) is 4.79 Å². The van der Waals surface area contributed by atoms with Crippen LogP contribution in [0, 0.1) is 5.92 Å². The van der Waals surface area contributed by atoms with Crippen LogP contribution in [-0.2, 0) is 4.79 Å². The second-order valence-corrected chi connectivity index (χ2v) is 3.55. The van der Waals surface area contributed by atoms with Crippen LogP contribution in [0.1, 0.15) is 13.8 Å². The number of hydrogen-bond acceptors (Lipinski definition) is 4. The summed E-state index contributed by atoms with van der Waals surface area (Å²) in [7, 11) is 0. The van der Waals surface area contributed by atoms with Crippen LogP contribution in [0.2, 0.25) is 0 Å². The molecule has 1 atom stereocenters. The van der Waals surface area contributed by atoms with Crippen LogP contribution >= 0.6 is 0 Å². The molecule has 1 aromatic rings. The summed E-state index contributed by atoms with van der Waals surface area (Å²) in [5.74, 6) is 0.251. The van der Waals surface area contributed by atoms with E-state index in [1.54, 1.807) is 18.3 Å². The van der Waals surface area contributed by atoms with Gasteiger partial charge >= 0.3 is 0 Å². The minimum Gasteiger partial charge on any atom is -0.384 e. The Hall–Kier alpha value is -1.91. The molecule has 0 aliphatic carbocycles. The molecule has 5 heteroatoms.